The molecule has 1 aliphatic carbocycles. The van der Waals surface area contributed by atoms with Crippen molar-refractivity contribution >= 4 is 5.78 Å². The molecule has 2 rings (SSSR count). The molecule has 0 saturated heterocycles. The zero-order valence-electron chi connectivity index (χ0n) is 12.7. The first-order chi connectivity index (χ1) is 9.72. The van der Waals surface area contributed by atoms with Gasteiger partial charge in [-0.25, -0.2) is 0 Å². The lowest BCUT2D eigenvalue weighted by atomic mass is 9.74. The molecule has 1 aromatic carbocycles. The predicted molar refractivity (Wildman–Crippen MR) is 84.0 cm³/mol. The summed E-state index contributed by atoms with van der Waals surface area (Å²) in [7, 11) is 0. The van der Waals surface area contributed by atoms with Gasteiger partial charge >= 0.3 is 0 Å². The van der Waals surface area contributed by atoms with E-state index in [1.807, 2.05) is 12.1 Å². The summed E-state index contributed by atoms with van der Waals surface area (Å²) < 4.78 is 0. The molecule has 0 radical (unpaired) electrons. The van der Waals surface area contributed by atoms with Crippen LogP contribution in [0.3, 0.4) is 0 Å². The van der Waals surface area contributed by atoms with Gasteiger partial charge in [0.15, 0.2) is 5.78 Å². The van der Waals surface area contributed by atoms with Crippen LogP contribution in [0.4, 0.5) is 0 Å². The Kier molecular flexibility index (Phi) is 5.36. The molecule has 0 aromatic heterocycles. The van der Waals surface area contributed by atoms with Gasteiger partial charge in [-0.05, 0) is 30.9 Å². The lowest BCUT2D eigenvalue weighted by Gasteiger charge is -2.30. The van der Waals surface area contributed by atoms with Crippen LogP contribution in [0, 0.1) is 5.41 Å². The summed E-state index contributed by atoms with van der Waals surface area (Å²) in [6, 6.07) is 8.17. The average Bonchev–Trinajstić information content (AvgIpc) is 2.73. The van der Waals surface area contributed by atoms with Crippen molar-refractivity contribution < 1.29 is 4.79 Å². The average molecular weight is 273 g/mol. The van der Waals surface area contributed by atoms with Gasteiger partial charge in [0.05, 0.1) is 0 Å². The molecule has 1 aromatic rings. The Labute approximate surface area is 122 Å². The van der Waals surface area contributed by atoms with Gasteiger partial charge < -0.3 is 5.73 Å². The molecule has 0 spiro atoms. The molecule has 20 heavy (non-hydrogen) atoms. The van der Waals surface area contributed by atoms with E-state index in [9.17, 15) is 4.79 Å². The van der Waals surface area contributed by atoms with Crippen LogP contribution in [-0.2, 0) is 6.42 Å². The maximum Gasteiger partial charge on any atom is 0.170 e. The molecule has 1 aliphatic rings. The summed E-state index contributed by atoms with van der Waals surface area (Å²) >= 11 is 0. The summed E-state index contributed by atoms with van der Waals surface area (Å²) in [5.41, 5.74) is 7.84. The first-order valence-electron chi connectivity index (χ1n) is 8.06. The highest BCUT2D eigenvalue weighted by Gasteiger charge is 2.37. The van der Waals surface area contributed by atoms with E-state index in [1.165, 1.54) is 18.4 Å². The fraction of sp³-hybridized carbons (Fsp3) is 0.611. The molecule has 0 bridgehead atoms. The van der Waals surface area contributed by atoms with Crippen molar-refractivity contribution in [2.24, 2.45) is 11.1 Å². The minimum atomic E-state index is -0.304. The number of nitrogens with two attached hydrogens (primary N) is 1. The quantitative estimate of drug-likeness (QED) is 0.647. The third-order valence-corrected chi connectivity index (χ3v) is 4.66. The molecule has 2 heteroatoms. The standard InChI is InChI=1S/C18H27NO/c1-2-8-15-9-7-10-16(13-15)17(20)18(14-19)11-5-3-4-6-12-18/h7,9-10,13H,2-6,8,11-12,14,19H2,1H3. The van der Waals surface area contributed by atoms with Crippen molar-refractivity contribution in [3.8, 4) is 0 Å². The molecule has 1 fully saturated rings. The molecule has 0 amide bonds. The first kappa shape index (κ1) is 15.2. The third kappa shape index (κ3) is 3.29. The number of rotatable bonds is 5. The van der Waals surface area contributed by atoms with Crippen molar-refractivity contribution in [1.29, 1.82) is 0 Å². The van der Waals surface area contributed by atoms with E-state index < -0.39 is 0 Å². The molecule has 2 N–H and O–H groups in total. The second-order valence-corrected chi connectivity index (χ2v) is 6.18. The van der Waals surface area contributed by atoms with Crippen molar-refractivity contribution in [2.45, 2.75) is 58.3 Å². The van der Waals surface area contributed by atoms with E-state index in [0.717, 1.165) is 44.1 Å². The van der Waals surface area contributed by atoms with Crippen LogP contribution in [-0.4, -0.2) is 12.3 Å². The molecule has 0 atom stereocenters. The van der Waals surface area contributed by atoms with Crippen LogP contribution in [0.2, 0.25) is 0 Å². The Bertz CT molecular complexity index is 444. The zero-order chi connectivity index (χ0) is 14.4. The van der Waals surface area contributed by atoms with Gasteiger partial charge in [0, 0.05) is 17.5 Å². The van der Waals surface area contributed by atoms with Gasteiger partial charge in [0.2, 0.25) is 0 Å². The van der Waals surface area contributed by atoms with Gasteiger partial charge in [0.1, 0.15) is 0 Å². The van der Waals surface area contributed by atoms with Crippen molar-refractivity contribution in [3.63, 3.8) is 0 Å². The van der Waals surface area contributed by atoms with Gasteiger partial charge in [-0.3, -0.25) is 4.79 Å². The minimum absolute atomic E-state index is 0.278. The normalized spacial score (nSPS) is 18.5. The van der Waals surface area contributed by atoms with Crippen LogP contribution >= 0.6 is 0 Å². The van der Waals surface area contributed by atoms with Crippen LogP contribution < -0.4 is 5.73 Å². The molecule has 0 aliphatic heterocycles. The van der Waals surface area contributed by atoms with Crippen LogP contribution in [0.1, 0.15) is 67.8 Å². The topological polar surface area (TPSA) is 43.1 Å². The highest BCUT2D eigenvalue weighted by atomic mass is 16.1. The maximum absolute atomic E-state index is 13.0. The molecule has 1 saturated carbocycles. The van der Waals surface area contributed by atoms with Crippen molar-refractivity contribution in [2.75, 3.05) is 6.54 Å². The zero-order valence-corrected chi connectivity index (χ0v) is 12.7. The van der Waals surface area contributed by atoms with Gasteiger partial charge in [0.25, 0.3) is 0 Å². The monoisotopic (exact) mass is 273 g/mol. The van der Waals surface area contributed by atoms with Gasteiger partial charge in [-0.2, -0.15) is 0 Å². The second kappa shape index (κ2) is 7.03. The van der Waals surface area contributed by atoms with E-state index in [1.54, 1.807) is 0 Å². The Morgan fingerprint density at radius 2 is 1.90 bits per heavy atom. The van der Waals surface area contributed by atoms with E-state index >= 15 is 0 Å². The summed E-state index contributed by atoms with van der Waals surface area (Å²) in [6.45, 7) is 2.66. The van der Waals surface area contributed by atoms with Crippen molar-refractivity contribution in [3.05, 3.63) is 35.4 Å². The first-order valence-corrected chi connectivity index (χ1v) is 8.06. The van der Waals surface area contributed by atoms with Gasteiger partial charge in [-0.1, -0.05) is 57.2 Å². The number of carbonyl (C=O) groups excluding carboxylic acids is 1. The summed E-state index contributed by atoms with van der Waals surface area (Å²) in [6.07, 6.45) is 8.82. The number of hydrogen-bond donors (Lipinski definition) is 1. The molecule has 0 heterocycles. The lowest BCUT2D eigenvalue weighted by Crippen LogP contribution is -2.38. The Hall–Kier alpha value is -1.15. The van der Waals surface area contributed by atoms with Crippen LogP contribution in [0.15, 0.2) is 24.3 Å². The van der Waals surface area contributed by atoms with Crippen molar-refractivity contribution in [1.82, 2.24) is 0 Å². The third-order valence-electron chi connectivity index (χ3n) is 4.66. The molecular formula is C18H27NO. The minimum Gasteiger partial charge on any atom is -0.329 e. The number of ketones is 1. The SMILES string of the molecule is CCCc1cccc(C(=O)C2(CN)CCCCCC2)c1. The smallest absolute Gasteiger partial charge is 0.170 e. The van der Waals surface area contributed by atoms with E-state index in [4.69, 9.17) is 5.73 Å². The number of Topliss-reactive ketones (excluding diaryl/α,β-unsaturated/α-hetero) is 1. The highest BCUT2D eigenvalue weighted by molar-refractivity contribution is 6.00. The maximum atomic E-state index is 13.0. The lowest BCUT2D eigenvalue weighted by molar-refractivity contribution is 0.0774. The molecule has 110 valence electrons. The second-order valence-electron chi connectivity index (χ2n) is 6.18. The van der Waals surface area contributed by atoms with Crippen LogP contribution in [0.5, 0.6) is 0 Å². The van der Waals surface area contributed by atoms with Crippen LogP contribution in [0.25, 0.3) is 0 Å². The van der Waals surface area contributed by atoms with E-state index in [2.05, 4.69) is 19.1 Å². The largest absolute Gasteiger partial charge is 0.329 e. The Balaban J connectivity index is 2.25. The number of carbonyl (C=O) groups is 1. The number of aryl methyl sites for hydroxylation is 1. The predicted octanol–water partition coefficient (Wildman–Crippen LogP) is 4.12. The van der Waals surface area contributed by atoms with E-state index in [-0.39, 0.29) is 11.2 Å². The Morgan fingerprint density at radius 1 is 1.20 bits per heavy atom. The highest BCUT2D eigenvalue weighted by Crippen LogP contribution is 2.37. The number of hydrogen-bond acceptors (Lipinski definition) is 2. The molecule has 2 nitrogen and oxygen atoms in total. The summed E-state index contributed by atoms with van der Waals surface area (Å²) in [4.78, 5) is 13.0. The fourth-order valence-electron chi connectivity index (χ4n) is 3.39. The summed E-state index contributed by atoms with van der Waals surface area (Å²) in [5, 5.41) is 0. The number of benzene rings is 1. The fourth-order valence-corrected chi connectivity index (χ4v) is 3.39. The Morgan fingerprint density at radius 3 is 2.50 bits per heavy atom. The van der Waals surface area contributed by atoms with Gasteiger partial charge in [-0.15, -0.1) is 0 Å². The molecule has 0 unspecified atom stereocenters. The van der Waals surface area contributed by atoms with E-state index in [0.29, 0.717) is 6.54 Å². The summed E-state index contributed by atoms with van der Waals surface area (Å²) in [5.74, 6) is 0.278. The molecular weight excluding hydrogens is 246 g/mol.